The van der Waals surface area contributed by atoms with Crippen LogP contribution in [0, 0.1) is 0 Å². The first-order chi connectivity index (χ1) is 13.0. The van der Waals surface area contributed by atoms with Gasteiger partial charge >= 0.3 is 5.97 Å². The minimum Gasteiger partial charge on any atom is -0.449 e. The van der Waals surface area contributed by atoms with Gasteiger partial charge in [-0.2, -0.15) is 5.10 Å². The third kappa shape index (κ3) is 3.97. The molecule has 3 aromatic rings. The van der Waals surface area contributed by atoms with Gasteiger partial charge in [-0.15, -0.1) is 0 Å². The number of esters is 1. The molecule has 7 heteroatoms. The summed E-state index contributed by atoms with van der Waals surface area (Å²) in [7, 11) is 0. The van der Waals surface area contributed by atoms with E-state index in [1.807, 2.05) is 31.2 Å². The first-order valence-corrected chi connectivity index (χ1v) is 8.90. The van der Waals surface area contributed by atoms with E-state index < -0.39 is 12.1 Å². The summed E-state index contributed by atoms with van der Waals surface area (Å²) in [5, 5.41) is 4.82. The number of ketones is 1. The molecular weight excluding hydrogens is 346 g/mol. The van der Waals surface area contributed by atoms with Crippen LogP contribution in [0.2, 0.25) is 0 Å². The molecule has 0 aliphatic rings. The normalized spacial score (nSPS) is 12.1. The number of aryl methyl sites for hydroxylation is 1. The van der Waals surface area contributed by atoms with Crippen LogP contribution in [0.15, 0.2) is 47.4 Å². The molecule has 1 aromatic carbocycles. The number of carbonyl (C=O) groups is 2. The summed E-state index contributed by atoms with van der Waals surface area (Å²) in [4.78, 5) is 39.9. The highest BCUT2D eigenvalue weighted by atomic mass is 16.5. The van der Waals surface area contributed by atoms with Crippen LogP contribution in [0.3, 0.4) is 0 Å². The molecule has 0 radical (unpaired) electrons. The van der Waals surface area contributed by atoms with E-state index in [0.717, 1.165) is 23.7 Å². The molecule has 27 heavy (non-hydrogen) atoms. The molecule has 0 spiro atoms. The van der Waals surface area contributed by atoms with Gasteiger partial charge in [0, 0.05) is 35.3 Å². The number of fused-ring (bicyclic) bond motifs is 1. The maximum absolute atomic E-state index is 12.7. The van der Waals surface area contributed by atoms with Crippen LogP contribution < -0.4 is 5.56 Å². The summed E-state index contributed by atoms with van der Waals surface area (Å²) in [6, 6.07) is 10.0. The lowest BCUT2D eigenvalue weighted by atomic mass is 10.1. The first-order valence-electron chi connectivity index (χ1n) is 8.90. The number of aromatic nitrogens is 3. The van der Waals surface area contributed by atoms with E-state index >= 15 is 0 Å². The van der Waals surface area contributed by atoms with Crippen molar-refractivity contribution in [2.45, 2.75) is 39.3 Å². The number of aromatic amines is 1. The molecule has 140 valence electrons. The number of hydrogen-bond donors (Lipinski definition) is 1. The Bertz CT molecular complexity index is 1030. The number of Topliss-reactive ketones (excluding diaryl/α,β-unsaturated/α-hetero) is 1. The Morgan fingerprint density at radius 2 is 2.00 bits per heavy atom. The summed E-state index contributed by atoms with van der Waals surface area (Å²) in [5.74, 6) is -1.04. The average molecular weight is 367 g/mol. The Kier molecular flexibility index (Phi) is 5.49. The standard InChI is InChI=1S/C20H21N3O4/c1-3-4-11-23-18(24)10-9-17(22-23)20(26)27-13(2)19(25)15-12-21-16-8-6-5-7-14(15)16/h5-10,12-13,21H,3-4,11H2,1-2H3/t13-/m1/s1. The maximum Gasteiger partial charge on any atom is 0.359 e. The molecule has 0 fully saturated rings. The topological polar surface area (TPSA) is 94.1 Å². The number of carbonyl (C=O) groups excluding carboxylic acids is 2. The maximum atomic E-state index is 12.7. The quantitative estimate of drug-likeness (QED) is 0.512. The third-order valence-electron chi connectivity index (χ3n) is 4.31. The highest BCUT2D eigenvalue weighted by Gasteiger charge is 2.23. The van der Waals surface area contributed by atoms with E-state index in [4.69, 9.17) is 4.74 Å². The van der Waals surface area contributed by atoms with Crippen LogP contribution >= 0.6 is 0 Å². The zero-order valence-corrected chi connectivity index (χ0v) is 15.3. The van der Waals surface area contributed by atoms with Crippen molar-refractivity contribution in [2.75, 3.05) is 0 Å². The second kappa shape index (κ2) is 7.99. The number of para-hydroxylation sites is 1. The second-order valence-electron chi connectivity index (χ2n) is 6.29. The summed E-state index contributed by atoms with van der Waals surface area (Å²) < 4.78 is 6.53. The molecule has 1 N–H and O–H groups in total. The summed E-state index contributed by atoms with van der Waals surface area (Å²) in [6.07, 6.45) is 2.31. The molecule has 7 nitrogen and oxygen atoms in total. The van der Waals surface area contributed by atoms with Gasteiger partial charge in [-0.3, -0.25) is 9.59 Å². The lowest BCUT2D eigenvalue weighted by Gasteiger charge is -2.12. The Morgan fingerprint density at radius 1 is 1.22 bits per heavy atom. The van der Waals surface area contributed by atoms with Crippen molar-refractivity contribution in [3.63, 3.8) is 0 Å². The number of rotatable bonds is 7. The van der Waals surface area contributed by atoms with Crippen LogP contribution in [0.4, 0.5) is 0 Å². The van der Waals surface area contributed by atoms with Crippen LogP contribution in [-0.4, -0.2) is 32.6 Å². The summed E-state index contributed by atoms with van der Waals surface area (Å²) in [5.41, 5.74) is 1.03. The number of benzene rings is 1. The van der Waals surface area contributed by atoms with Crippen LogP contribution in [0.1, 0.15) is 47.5 Å². The van der Waals surface area contributed by atoms with Crippen LogP contribution in [0.25, 0.3) is 10.9 Å². The van der Waals surface area contributed by atoms with Crippen molar-refractivity contribution in [2.24, 2.45) is 0 Å². The number of hydrogen-bond acceptors (Lipinski definition) is 5. The Balaban J connectivity index is 1.75. The van der Waals surface area contributed by atoms with Crippen molar-refractivity contribution in [3.8, 4) is 0 Å². The van der Waals surface area contributed by atoms with Gasteiger partial charge in [0.25, 0.3) is 5.56 Å². The Morgan fingerprint density at radius 3 is 2.78 bits per heavy atom. The van der Waals surface area contributed by atoms with Crippen molar-refractivity contribution in [1.82, 2.24) is 14.8 Å². The van der Waals surface area contributed by atoms with Gasteiger partial charge in [0.15, 0.2) is 11.8 Å². The predicted octanol–water partition coefficient (Wildman–Crippen LogP) is 2.95. The fraction of sp³-hybridized carbons (Fsp3) is 0.300. The number of H-pyrrole nitrogens is 1. The second-order valence-corrected chi connectivity index (χ2v) is 6.29. The predicted molar refractivity (Wildman–Crippen MR) is 101 cm³/mol. The molecule has 3 rings (SSSR count). The van der Waals surface area contributed by atoms with Crippen molar-refractivity contribution < 1.29 is 14.3 Å². The molecule has 0 bridgehead atoms. The Labute approximate surface area is 156 Å². The van der Waals surface area contributed by atoms with Gasteiger partial charge in [0.2, 0.25) is 5.78 Å². The van der Waals surface area contributed by atoms with E-state index in [1.165, 1.54) is 23.7 Å². The van der Waals surface area contributed by atoms with Crippen LogP contribution in [0.5, 0.6) is 0 Å². The lowest BCUT2D eigenvalue weighted by Crippen LogP contribution is -2.28. The molecule has 0 saturated carbocycles. The van der Waals surface area contributed by atoms with Crippen molar-refractivity contribution in [1.29, 1.82) is 0 Å². The van der Waals surface area contributed by atoms with Gasteiger partial charge in [-0.25, -0.2) is 9.48 Å². The molecular formula is C20H21N3O4. The zero-order chi connectivity index (χ0) is 19.4. The minimum atomic E-state index is -0.977. The summed E-state index contributed by atoms with van der Waals surface area (Å²) in [6.45, 7) is 3.95. The Hall–Kier alpha value is -3.22. The van der Waals surface area contributed by atoms with Crippen molar-refractivity contribution >= 4 is 22.7 Å². The molecule has 0 aliphatic heterocycles. The molecule has 0 aliphatic carbocycles. The summed E-state index contributed by atoms with van der Waals surface area (Å²) >= 11 is 0. The van der Waals surface area contributed by atoms with Crippen molar-refractivity contribution in [3.05, 3.63) is 64.2 Å². The zero-order valence-electron chi connectivity index (χ0n) is 15.3. The largest absolute Gasteiger partial charge is 0.449 e. The van der Waals surface area contributed by atoms with Gasteiger partial charge in [-0.05, 0) is 25.5 Å². The SMILES string of the molecule is CCCCn1nc(C(=O)O[C@H](C)C(=O)c2c[nH]c3ccccc23)ccc1=O. The molecule has 0 unspecified atom stereocenters. The van der Waals surface area contributed by atoms with Gasteiger partial charge in [-0.1, -0.05) is 31.5 Å². The number of ether oxygens (including phenoxy) is 1. The van der Waals surface area contributed by atoms with E-state index in [2.05, 4.69) is 10.1 Å². The van der Waals surface area contributed by atoms with E-state index in [9.17, 15) is 14.4 Å². The molecule has 0 saturated heterocycles. The number of nitrogens with one attached hydrogen (secondary N) is 1. The smallest absolute Gasteiger partial charge is 0.359 e. The van der Waals surface area contributed by atoms with E-state index in [0.29, 0.717) is 12.1 Å². The minimum absolute atomic E-state index is 0.00396. The lowest BCUT2D eigenvalue weighted by molar-refractivity contribution is 0.0311. The first kappa shape index (κ1) is 18.6. The molecule has 1 atom stereocenters. The highest BCUT2D eigenvalue weighted by Crippen LogP contribution is 2.20. The fourth-order valence-corrected chi connectivity index (χ4v) is 2.79. The average Bonchev–Trinajstić information content (AvgIpc) is 3.10. The van der Waals surface area contributed by atoms with E-state index in [1.54, 1.807) is 6.20 Å². The molecule has 2 heterocycles. The van der Waals surface area contributed by atoms with Gasteiger partial charge in [0.1, 0.15) is 0 Å². The highest BCUT2D eigenvalue weighted by molar-refractivity contribution is 6.10. The third-order valence-corrected chi connectivity index (χ3v) is 4.31. The molecule has 2 aromatic heterocycles. The van der Waals surface area contributed by atoms with Crippen LogP contribution in [-0.2, 0) is 11.3 Å². The van der Waals surface area contributed by atoms with E-state index in [-0.39, 0.29) is 17.0 Å². The van der Waals surface area contributed by atoms with Gasteiger partial charge in [0.05, 0.1) is 0 Å². The number of unbranched alkanes of at least 4 members (excludes halogenated alkanes) is 1. The monoisotopic (exact) mass is 367 g/mol. The molecule has 0 amide bonds. The number of nitrogens with zero attached hydrogens (tertiary/aromatic N) is 2. The van der Waals surface area contributed by atoms with Gasteiger partial charge < -0.3 is 9.72 Å². The fourth-order valence-electron chi connectivity index (χ4n) is 2.79.